The van der Waals surface area contributed by atoms with Crippen LogP contribution in [0.15, 0.2) is 49.9 Å². The molecule has 2 aromatic rings. The number of rotatable bonds is 10. The number of aryl methyl sites for hydroxylation is 1. The maximum atomic E-state index is 13.2. The second kappa shape index (κ2) is 11.8. The molecule has 0 amide bonds. The quantitative estimate of drug-likeness (QED) is 0.198. The van der Waals surface area contributed by atoms with Crippen LogP contribution in [0.25, 0.3) is 11.0 Å². The fraction of sp³-hybridized carbons (Fsp3) is 0.548. The van der Waals surface area contributed by atoms with Crippen molar-refractivity contribution in [3.63, 3.8) is 0 Å². The van der Waals surface area contributed by atoms with Crippen molar-refractivity contribution in [1.29, 1.82) is 0 Å². The number of aliphatic hydroxyl groups excluding tert-OH is 5. The average Bonchev–Trinajstić information content (AvgIpc) is 3.74. The van der Waals surface area contributed by atoms with Crippen molar-refractivity contribution < 1.29 is 44.5 Å². The van der Waals surface area contributed by atoms with Gasteiger partial charge in [0.2, 0.25) is 0 Å². The molecule has 6 unspecified atom stereocenters. The number of benzene rings is 1. The summed E-state index contributed by atoms with van der Waals surface area (Å²) in [5, 5.41) is 49.5. The Morgan fingerprint density at radius 2 is 1.88 bits per heavy atom. The van der Waals surface area contributed by atoms with Crippen LogP contribution in [0.1, 0.15) is 43.9 Å². The molecule has 1 aromatic heterocycles. The van der Waals surface area contributed by atoms with Gasteiger partial charge in [0, 0.05) is 42.0 Å². The number of nitrogens with zero attached hydrogens (tertiary/aromatic N) is 2. The van der Waals surface area contributed by atoms with E-state index in [4.69, 9.17) is 24.0 Å². The first-order valence-electron chi connectivity index (χ1n) is 14.7. The van der Waals surface area contributed by atoms with Crippen LogP contribution in [0, 0.1) is 12.8 Å². The molecule has 0 bridgehead atoms. The van der Waals surface area contributed by atoms with E-state index >= 15 is 0 Å². The van der Waals surface area contributed by atoms with Crippen molar-refractivity contribution >= 4 is 22.9 Å². The second-order valence-electron chi connectivity index (χ2n) is 12.1. The Hall–Kier alpha value is -3.10. The number of hydrogen-bond acceptors (Lipinski definition) is 12. The summed E-state index contributed by atoms with van der Waals surface area (Å²) in [5.41, 5.74) is 2.71. The number of aliphatic imine (C=N–C) groups is 1. The molecule has 4 heterocycles. The summed E-state index contributed by atoms with van der Waals surface area (Å²) < 4.78 is 13.1. The van der Waals surface area contributed by atoms with Crippen LogP contribution < -0.4 is 15.1 Å². The third-order valence-corrected chi connectivity index (χ3v) is 9.15. The number of anilines is 1. The maximum Gasteiger partial charge on any atom is 0.193 e. The Morgan fingerprint density at radius 3 is 2.60 bits per heavy atom. The fourth-order valence-corrected chi connectivity index (χ4v) is 6.62. The molecule has 5 N–H and O–H groups in total. The van der Waals surface area contributed by atoms with Crippen molar-refractivity contribution in [2.75, 3.05) is 24.7 Å². The van der Waals surface area contributed by atoms with Gasteiger partial charge in [-0.1, -0.05) is 12.8 Å². The Bertz CT molecular complexity index is 1530. The summed E-state index contributed by atoms with van der Waals surface area (Å²) in [6.45, 7) is 2.98. The number of allylic oxidation sites excluding steroid dienone is 1. The molecular weight excluding hydrogens is 560 g/mol. The molecule has 0 radical (unpaired) electrons. The van der Waals surface area contributed by atoms with E-state index in [-0.39, 0.29) is 11.3 Å². The first-order chi connectivity index (χ1) is 20.6. The second-order valence-corrected chi connectivity index (χ2v) is 12.1. The zero-order chi connectivity index (χ0) is 30.5. The number of aliphatic hydroxyl groups is 5. The fourth-order valence-electron chi connectivity index (χ4n) is 6.62. The Kier molecular flexibility index (Phi) is 8.20. The summed E-state index contributed by atoms with van der Waals surface area (Å²) in [6.07, 6.45) is 2.49. The molecule has 1 aromatic carbocycles. The van der Waals surface area contributed by atoms with Crippen molar-refractivity contribution in [2.45, 2.75) is 82.1 Å². The summed E-state index contributed by atoms with van der Waals surface area (Å²) in [7, 11) is 0. The molecule has 4 aliphatic rings. The standard InChI is InChI=1S/C31H38N2O10/c1-16-9-22(35)20-10-18-11-25(43-40-15-24(37)28(39)27(38)23(36)14-34)31(2,19-5-3-4-6-19)42-29(18)26(30(20)41-16)33-12-17-7-8-32-21(17)13-33/h7-10,13,19,23-25,27-28,34,36-39H,3-6,11-12,14-15H2,1-2H3. The predicted octanol–water partition coefficient (Wildman–Crippen LogP) is 1.41. The average molecular weight is 599 g/mol. The van der Waals surface area contributed by atoms with Crippen molar-refractivity contribution in [2.24, 2.45) is 10.9 Å². The molecule has 3 aliphatic heterocycles. The molecular formula is C31H38N2O10. The van der Waals surface area contributed by atoms with E-state index in [0.717, 1.165) is 42.5 Å². The van der Waals surface area contributed by atoms with Crippen LogP contribution in [0.4, 0.5) is 5.69 Å². The lowest BCUT2D eigenvalue weighted by Crippen LogP contribution is -2.55. The van der Waals surface area contributed by atoms with Crippen LogP contribution in [0.5, 0.6) is 5.75 Å². The van der Waals surface area contributed by atoms with Gasteiger partial charge in [0.1, 0.15) is 54.2 Å². The smallest absolute Gasteiger partial charge is 0.193 e. The molecule has 1 saturated carbocycles. The zero-order valence-electron chi connectivity index (χ0n) is 24.2. The van der Waals surface area contributed by atoms with Crippen LogP contribution >= 0.6 is 0 Å². The van der Waals surface area contributed by atoms with E-state index in [1.807, 2.05) is 24.1 Å². The first-order valence-corrected chi connectivity index (χ1v) is 14.7. The van der Waals surface area contributed by atoms with Gasteiger partial charge in [-0.25, -0.2) is 9.78 Å². The van der Waals surface area contributed by atoms with E-state index in [1.165, 1.54) is 6.07 Å². The van der Waals surface area contributed by atoms with E-state index in [1.54, 1.807) is 19.2 Å². The van der Waals surface area contributed by atoms with E-state index in [2.05, 4.69) is 4.99 Å². The van der Waals surface area contributed by atoms with Gasteiger partial charge in [0.05, 0.1) is 24.2 Å². The summed E-state index contributed by atoms with van der Waals surface area (Å²) >= 11 is 0. The van der Waals surface area contributed by atoms with Crippen LogP contribution in [0.3, 0.4) is 0 Å². The molecule has 0 saturated heterocycles. The van der Waals surface area contributed by atoms with Gasteiger partial charge >= 0.3 is 0 Å². The number of fused-ring (bicyclic) bond motifs is 3. The molecule has 43 heavy (non-hydrogen) atoms. The molecule has 232 valence electrons. The highest BCUT2D eigenvalue weighted by Gasteiger charge is 2.51. The van der Waals surface area contributed by atoms with Crippen LogP contribution in [-0.2, 0) is 16.2 Å². The molecule has 12 nitrogen and oxygen atoms in total. The molecule has 1 fully saturated rings. The van der Waals surface area contributed by atoms with Crippen molar-refractivity contribution in [1.82, 2.24) is 0 Å². The van der Waals surface area contributed by atoms with Gasteiger partial charge in [-0.05, 0) is 38.8 Å². The Morgan fingerprint density at radius 1 is 1.14 bits per heavy atom. The van der Waals surface area contributed by atoms with Crippen molar-refractivity contribution in [3.05, 3.63) is 57.2 Å². The topological polar surface area (TPSA) is 175 Å². The minimum absolute atomic E-state index is 0.128. The predicted molar refractivity (Wildman–Crippen MR) is 156 cm³/mol. The van der Waals surface area contributed by atoms with Gasteiger partial charge in [0.25, 0.3) is 0 Å². The third-order valence-electron chi connectivity index (χ3n) is 9.15. The Labute approximate surface area is 248 Å². The largest absolute Gasteiger partial charge is 0.482 e. The van der Waals surface area contributed by atoms with Crippen LogP contribution in [0.2, 0.25) is 0 Å². The highest BCUT2D eigenvalue weighted by atomic mass is 17.2. The molecule has 1 aliphatic carbocycles. The monoisotopic (exact) mass is 598 g/mol. The lowest BCUT2D eigenvalue weighted by Gasteiger charge is -2.46. The van der Waals surface area contributed by atoms with Gasteiger partial charge in [-0.3, -0.25) is 9.79 Å². The number of ether oxygens (including phenoxy) is 1. The van der Waals surface area contributed by atoms with Crippen LogP contribution in [-0.4, -0.2) is 87.6 Å². The summed E-state index contributed by atoms with van der Waals surface area (Å²) in [4.78, 5) is 31.0. The molecule has 6 rings (SSSR count). The minimum atomic E-state index is -1.78. The molecule has 0 spiro atoms. The molecule has 6 atom stereocenters. The third kappa shape index (κ3) is 5.42. The maximum absolute atomic E-state index is 13.2. The molecule has 12 heteroatoms. The van der Waals surface area contributed by atoms with E-state index in [0.29, 0.717) is 41.1 Å². The summed E-state index contributed by atoms with van der Waals surface area (Å²) in [6, 6.07) is 3.23. The highest BCUT2D eigenvalue weighted by molar-refractivity contribution is 5.96. The van der Waals surface area contributed by atoms with Gasteiger partial charge in [-0.15, -0.1) is 0 Å². The lowest BCUT2D eigenvalue weighted by molar-refractivity contribution is -0.364. The number of hydrogen-bond donors (Lipinski definition) is 5. The normalized spacial score (nSPS) is 26.1. The zero-order valence-corrected chi connectivity index (χ0v) is 24.2. The lowest BCUT2D eigenvalue weighted by atomic mass is 9.78. The summed E-state index contributed by atoms with van der Waals surface area (Å²) in [5.74, 6) is 1.22. The van der Waals surface area contributed by atoms with E-state index in [9.17, 15) is 25.2 Å². The van der Waals surface area contributed by atoms with Crippen molar-refractivity contribution in [3.8, 4) is 5.75 Å². The highest BCUT2D eigenvalue weighted by Crippen LogP contribution is 2.51. The van der Waals surface area contributed by atoms with Gasteiger partial charge in [-0.2, -0.15) is 0 Å². The van der Waals surface area contributed by atoms with Gasteiger partial charge < -0.3 is 39.6 Å². The SMILES string of the molecule is Cc1cc(=O)c2cc3c(c(N4C=C5N=CC=C5C4)c2o1)OC(C)(C1CCCC1)C(OOCC(O)C(O)C(O)C(O)CO)C3. The van der Waals surface area contributed by atoms with Gasteiger partial charge in [0.15, 0.2) is 16.8 Å². The van der Waals surface area contributed by atoms with E-state index < -0.39 is 49.3 Å². The minimum Gasteiger partial charge on any atom is -0.482 e. The first kappa shape index (κ1) is 29.9. The Balaban J connectivity index is 1.35.